The van der Waals surface area contributed by atoms with E-state index in [1.165, 1.54) is 18.4 Å². The van der Waals surface area contributed by atoms with Crippen molar-refractivity contribution in [1.82, 2.24) is 4.90 Å². The molecule has 0 radical (unpaired) electrons. The van der Waals surface area contributed by atoms with Gasteiger partial charge in [0.2, 0.25) is 0 Å². The number of likely N-dealkylation sites (tertiary alicyclic amines) is 1. The summed E-state index contributed by atoms with van der Waals surface area (Å²) in [4.78, 5) is 15.5. The molecule has 0 spiro atoms. The maximum atomic E-state index is 12.9. The van der Waals surface area contributed by atoms with Crippen LogP contribution in [-0.4, -0.2) is 57.2 Å². The van der Waals surface area contributed by atoms with Gasteiger partial charge in [-0.3, -0.25) is 14.2 Å². The second-order valence-corrected chi connectivity index (χ2v) is 10.3. The normalized spacial score (nSPS) is 18.9. The highest BCUT2D eigenvalue weighted by atomic mass is 32.2. The van der Waals surface area contributed by atoms with Crippen molar-refractivity contribution in [2.75, 3.05) is 33.6 Å². The lowest BCUT2D eigenvalue weighted by atomic mass is 9.85. The number of rotatable bonds is 6. The summed E-state index contributed by atoms with van der Waals surface area (Å²) in [6.07, 6.45) is 4.91. The molecule has 33 heavy (non-hydrogen) atoms. The fourth-order valence-electron chi connectivity index (χ4n) is 4.71. The number of carbonyl (C=O) groups excluding carboxylic acids is 1. The molecule has 1 atom stereocenters. The summed E-state index contributed by atoms with van der Waals surface area (Å²) in [6.45, 7) is 3.27. The Labute approximate surface area is 196 Å². The van der Waals surface area contributed by atoms with Gasteiger partial charge >= 0.3 is 0 Å². The third-order valence-electron chi connectivity index (χ3n) is 6.29. The molecule has 2 aromatic rings. The Morgan fingerprint density at radius 1 is 1.03 bits per heavy atom. The first-order chi connectivity index (χ1) is 15.7. The highest BCUT2D eigenvalue weighted by Crippen LogP contribution is 2.39. The lowest BCUT2D eigenvalue weighted by Crippen LogP contribution is -2.34. The van der Waals surface area contributed by atoms with E-state index in [9.17, 15) is 13.2 Å². The SMILES string of the molecule is COc1cc2c(cc1OC)C(=O)C(CC1CCN(Cc3ccccc3)CC1)C2.CS(=O)(=O)O. The van der Waals surface area contributed by atoms with Gasteiger partial charge in [-0.15, -0.1) is 0 Å². The molecule has 0 bridgehead atoms. The molecule has 8 heteroatoms. The number of Topliss-reactive ketones (excluding diaryl/α,β-unsaturated/α-hetero) is 1. The van der Waals surface area contributed by atoms with Crippen molar-refractivity contribution < 1.29 is 27.2 Å². The van der Waals surface area contributed by atoms with E-state index in [0.717, 1.165) is 43.6 Å². The fraction of sp³-hybridized carbons (Fsp3) is 0.480. The average Bonchev–Trinajstić information content (AvgIpc) is 3.08. The Bertz CT molecular complexity index is 1040. The number of benzene rings is 2. The molecule has 0 aromatic heterocycles. The van der Waals surface area contributed by atoms with E-state index in [1.807, 2.05) is 12.1 Å². The molecule has 1 fully saturated rings. The highest BCUT2D eigenvalue weighted by molar-refractivity contribution is 7.85. The number of carbonyl (C=O) groups is 1. The Hall–Kier alpha value is -2.42. The van der Waals surface area contributed by atoms with Crippen LogP contribution in [0.1, 0.15) is 40.7 Å². The number of ether oxygens (including phenoxy) is 2. The van der Waals surface area contributed by atoms with Gasteiger partial charge in [0.05, 0.1) is 20.5 Å². The Kier molecular flexibility index (Phi) is 8.51. The van der Waals surface area contributed by atoms with Crippen LogP contribution in [0.25, 0.3) is 0 Å². The van der Waals surface area contributed by atoms with Gasteiger partial charge in [-0.25, -0.2) is 0 Å². The van der Waals surface area contributed by atoms with Gasteiger partial charge in [0.1, 0.15) is 0 Å². The van der Waals surface area contributed by atoms with Crippen molar-refractivity contribution in [3.05, 3.63) is 59.2 Å². The van der Waals surface area contributed by atoms with Crippen LogP contribution < -0.4 is 9.47 Å². The topological polar surface area (TPSA) is 93.1 Å². The molecule has 7 nitrogen and oxygen atoms in total. The van der Waals surface area contributed by atoms with E-state index in [0.29, 0.717) is 23.7 Å². The van der Waals surface area contributed by atoms with Gasteiger partial charge in [0.15, 0.2) is 17.3 Å². The van der Waals surface area contributed by atoms with Gasteiger partial charge in [0.25, 0.3) is 10.1 Å². The van der Waals surface area contributed by atoms with Crippen LogP contribution in [0.2, 0.25) is 0 Å². The molecule has 0 amide bonds. The molecular weight excluding hydrogens is 442 g/mol. The maximum absolute atomic E-state index is 12.9. The van der Waals surface area contributed by atoms with Crippen LogP contribution in [0.3, 0.4) is 0 Å². The lowest BCUT2D eigenvalue weighted by molar-refractivity contribution is 0.0895. The minimum Gasteiger partial charge on any atom is -0.493 e. The molecule has 1 aliphatic heterocycles. The minimum atomic E-state index is -3.67. The third kappa shape index (κ3) is 7.28. The first-order valence-electron chi connectivity index (χ1n) is 11.2. The number of nitrogens with zero attached hydrogens (tertiary/aromatic N) is 1. The van der Waals surface area contributed by atoms with Crippen LogP contribution >= 0.6 is 0 Å². The molecule has 1 N–H and O–H groups in total. The van der Waals surface area contributed by atoms with Crippen molar-refractivity contribution in [3.63, 3.8) is 0 Å². The van der Waals surface area contributed by atoms with Crippen LogP contribution in [0.15, 0.2) is 42.5 Å². The summed E-state index contributed by atoms with van der Waals surface area (Å²) in [5.74, 6) is 2.38. The number of ketones is 1. The van der Waals surface area contributed by atoms with Gasteiger partial charge in [-0.05, 0) is 68.0 Å². The number of methoxy groups -OCH3 is 2. The maximum Gasteiger partial charge on any atom is 0.261 e. The zero-order valence-corrected chi connectivity index (χ0v) is 20.3. The van der Waals surface area contributed by atoms with Gasteiger partial charge in [0, 0.05) is 18.0 Å². The molecule has 4 rings (SSSR count). The molecule has 1 saturated heterocycles. The summed E-state index contributed by atoms with van der Waals surface area (Å²) < 4.78 is 36.6. The summed E-state index contributed by atoms with van der Waals surface area (Å²) >= 11 is 0. The molecule has 1 heterocycles. The fourth-order valence-corrected chi connectivity index (χ4v) is 4.71. The molecule has 0 saturated carbocycles. The van der Waals surface area contributed by atoms with Crippen LogP contribution in [0.5, 0.6) is 11.5 Å². The summed E-state index contributed by atoms with van der Waals surface area (Å²) in [6, 6.07) is 14.5. The largest absolute Gasteiger partial charge is 0.493 e. The van der Waals surface area contributed by atoms with Gasteiger partial charge in [-0.2, -0.15) is 8.42 Å². The zero-order chi connectivity index (χ0) is 24.0. The summed E-state index contributed by atoms with van der Waals surface area (Å²) in [7, 11) is -0.411. The molecule has 1 aliphatic carbocycles. The smallest absolute Gasteiger partial charge is 0.261 e. The number of piperidine rings is 1. The number of fused-ring (bicyclic) bond motifs is 1. The molecular formula is C25H33NO6S. The van der Waals surface area contributed by atoms with E-state index < -0.39 is 10.1 Å². The highest BCUT2D eigenvalue weighted by Gasteiger charge is 2.34. The van der Waals surface area contributed by atoms with Crippen LogP contribution in [0.4, 0.5) is 0 Å². The lowest BCUT2D eigenvalue weighted by Gasteiger charge is -2.32. The molecule has 2 aliphatic rings. The van der Waals surface area contributed by atoms with Gasteiger partial charge in [-0.1, -0.05) is 30.3 Å². The number of hydrogen-bond acceptors (Lipinski definition) is 6. The van der Waals surface area contributed by atoms with E-state index >= 15 is 0 Å². The van der Waals surface area contributed by atoms with Crippen LogP contribution in [0, 0.1) is 11.8 Å². The van der Waals surface area contributed by atoms with Crippen molar-refractivity contribution in [1.29, 1.82) is 0 Å². The number of hydrogen-bond donors (Lipinski definition) is 1. The van der Waals surface area contributed by atoms with E-state index in [4.69, 9.17) is 14.0 Å². The third-order valence-corrected chi connectivity index (χ3v) is 6.29. The van der Waals surface area contributed by atoms with Crippen molar-refractivity contribution in [2.45, 2.75) is 32.2 Å². The van der Waals surface area contributed by atoms with Crippen molar-refractivity contribution in [2.24, 2.45) is 11.8 Å². The average molecular weight is 476 g/mol. The zero-order valence-electron chi connectivity index (χ0n) is 19.5. The summed E-state index contributed by atoms with van der Waals surface area (Å²) in [5, 5.41) is 0. The Balaban J connectivity index is 0.000000555. The monoisotopic (exact) mass is 475 g/mol. The van der Waals surface area contributed by atoms with Crippen LogP contribution in [-0.2, 0) is 23.1 Å². The first-order valence-corrected chi connectivity index (χ1v) is 13.0. The standard InChI is InChI=1S/C24H29NO3.CH4O3S/c1-27-22-14-19-13-20(24(26)21(19)15-23(22)28-2)12-17-8-10-25(11-9-17)16-18-6-4-3-5-7-18;1-5(2,3)4/h3-7,14-15,17,20H,8-13,16H2,1-2H3;1H3,(H,2,3,4). The first kappa shape index (κ1) is 25.2. The van der Waals surface area contributed by atoms with E-state index in [-0.39, 0.29) is 11.7 Å². The quantitative estimate of drug-likeness (QED) is 0.634. The summed E-state index contributed by atoms with van der Waals surface area (Å²) in [5.41, 5.74) is 3.31. The predicted molar refractivity (Wildman–Crippen MR) is 128 cm³/mol. The second-order valence-electron chi connectivity index (χ2n) is 8.80. The van der Waals surface area contributed by atoms with Crippen molar-refractivity contribution >= 4 is 15.9 Å². The minimum absolute atomic E-state index is 0.109. The molecule has 2 aromatic carbocycles. The molecule has 1 unspecified atom stereocenters. The second kappa shape index (κ2) is 11.1. The van der Waals surface area contributed by atoms with Gasteiger partial charge < -0.3 is 9.47 Å². The Morgan fingerprint density at radius 2 is 1.61 bits per heavy atom. The van der Waals surface area contributed by atoms with E-state index in [1.54, 1.807) is 14.2 Å². The Morgan fingerprint density at radius 3 is 2.18 bits per heavy atom. The molecule has 180 valence electrons. The van der Waals surface area contributed by atoms with E-state index in [2.05, 4.69) is 35.2 Å². The predicted octanol–water partition coefficient (Wildman–Crippen LogP) is 3.87. The van der Waals surface area contributed by atoms with Crippen molar-refractivity contribution in [3.8, 4) is 11.5 Å².